The van der Waals surface area contributed by atoms with Crippen LogP contribution < -0.4 is 0 Å². The second-order valence-corrected chi connectivity index (χ2v) is 3.97. The maximum Gasteiger partial charge on any atom is 0.213 e. The highest BCUT2D eigenvalue weighted by atomic mass is 19.1. The summed E-state index contributed by atoms with van der Waals surface area (Å²) in [6.07, 6.45) is 1.73. The van der Waals surface area contributed by atoms with Crippen LogP contribution in [0, 0.1) is 5.95 Å². The fourth-order valence-electron chi connectivity index (χ4n) is 1.47. The predicted molar refractivity (Wildman–Crippen MR) is 61.5 cm³/mol. The number of hydrogen-bond donors (Lipinski definition) is 0. The van der Waals surface area contributed by atoms with Crippen LogP contribution in [0.5, 0.6) is 0 Å². The number of hydrogen-bond acceptors (Lipinski definition) is 2. The van der Waals surface area contributed by atoms with Crippen LogP contribution in [0.2, 0.25) is 0 Å². The van der Waals surface area contributed by atoms with Crippen molar-refractivity contribution in [1.82, 2.24) is 9.97 Å². The van der Waals surface area contributed by atoms with E-state index in [9.17, 15) is 4.39 Å². The molecule has 0 radical (unpaired) electrons. The van der Waals surface area contributed by atoms with Crippen LogP contribution in [-0.4, -0.2) is 9.97 Å². The third kappa shape index (κ3) is 2.24. The Morgan fingerprint density at radius 2 is 1.94 bits per heavy atom. The molecule has 16 heavy (non-hydrogen) atoms. The van der Waals surface area contributed by atoms with Crippen molar-refractivity contribution in [1.29, 1.82) is 0 Å². The Balaban J connectivity index is 2.35. The van der Waals surface area contributed by atoms with E-state index in [1.807, 2.05) is 12.1 Å². The molecule has 0 bridgehead atoms. The van der Waals surface area contributed by atoms with Gasteiger partial charge in [0.2, 0.25) is 5.95 Å². The van der Waals surface area contributed by atoms with E-state index in [4.69, 9.17) is 0 Å². The SMILES string of the molecule is CC(C)c1ccc(-c2cccc(F)n2)cn1. The Labute approximate surface area is 94.2 Å². The van der Waals surface area contributed by atoms with Gasteiger partial charge in [-0.1, -0.05) is 19.9 Å². The molecule has 0 fully saturated rings. The minimum atomic E-state index is -0.467. The van der Waals surface area contributed by atoms with Crippen LogP contribution in [0.15, 0.2) is 36.5 Å². The molecule has 82 valence electrons. The number of nitrogens with zero attached hydrogens (tertiary/aromatic N) is 2. The molecule has 0 atom stereocenters. The molecule has 2 aromatic heterocycles. The van der Waals surface area contributed by atoms with Crippen LogP contribution in [-0.2, 0) is 0 Å². The summed E-state index contributed by atoms with van der Waals surface area (Å²) in [7, 11) is 0. The number of rotatable bonds is 2. The Hall–Kier alpha value is -1.77. The summed E-state index contributed by atoms with van der Waals surface area (Å²) in [5.74, 6) is -0.0695. The minimum absolute atomic E-state index is 0.398. The quantitative estimate of drug-likeness (QED) is 0.719. The first-order valence-corrected chi connectivity index (χ1v) is 5.25. The lowest BCUT2D eigenvalue weighted by Crippen LogP contribution is -1.93. The lowest BCUT2D eigenvalue weighted by molar-refractivity contribution is 0.585. The molecular weight excluding hydrogens is 203 g/mol. The van der Waals surface area contributed by atoms with Gasteiger partial charge in [0.1, 0.15) is 0 Å². The fraction of sp³-hybridized carbons (Fsp3) is 0.231. The third-order valence-corrected chi connectivity index (χ3v) is 2.39. The molecule has 0 amide bonds. The Morgan fingerprint density at radius 3 is 2.50 bits per heavy atom. The summed E-state index contributed by atoms with van der Waals surface area (Å²) in [4.78, 5) is 8.13. The Kier molecular flexibility index (Phi) is 2.95. The maximum atomic E-state index is 12.9. The first kappa shape index (κ1) is 10.7. The van der Waals surface area contributed by atoms with Crippen molar-refractivity contribution in [2.24, 2.45) is 0 Å². The first-order valence-electron chi connectivity index (χ1n) is 5.25. The van der Waals surface area contributed by atoms with Crippen LogP contribution in [0.1, 0.15) is 25.5 Å². The van der Waals surface area contributed by atoms with Gasteiger partial charge in [0.15, 0.2) is 0 Å². The Morgan fingerprint density at radius 1 is 1.12 bits per heavy atom. The predicted octanol–water partition coefficient (Wildman–Crippen LogP) is 3.41. The van der Waals surface area contributed by atoms with E-state index in [0.717, 1.165) is 11.3 Å². The molecule has 3 heteroatoms. The van der Waals surface area contributed by atoms with E-state index in [2.05, 4.69) is 23.8 Å². The van der Waals surface area contributed by atoms with Crippen LogP contribution >= 0.6 is 0 Å². The molecule has 2 rings (SSSR count). The number of pyridine rings is 2. The standard InChI is InChI=1S/C13H13FN2/c1-9(2)11-7-6-10(8-15-11)12-4-3-5-13(14)16-12/h3-9H,1-2H3. The lowest BCUT2D eigenvalue weighted by Gasteiger charge is -2.05. The summed E-state index contributed by atoms with van der Waals surface area (Å²) in [5, 5.41) is 0. The van der Waals surface area contributed by atoms with Gasteiger partial charge in [0, 0.05) is 17.5 Å². The topological polar surface area (TPSA) is 25.8 Å². The van der Waals surface area contributed by atoms with Gasteiger partial charge in [-0.05, 0) is 30.2 Å². The molecule has 0 aromatic carbocycles. The summed E-state index contributed by atoms with van der Waals surface area (Å²) < 4.78 is 12.9. The molecule has 0 aliphatic heterocycles. The smallest absolute Gasteiger partial charge is 0.213 e. The lowest BCUT2D eigenvalue weighted by atomic mass is 10.1. The molecule has 0 N–H and O–H groups in total. The van der Waals surface area contributed by atoms with E-state index >= 15 is 0 Å². The largest absolute Gasteiger partial charge is 0.260 e. The van der Waals surface area contributed by atoms with Gasteiger partial charge >= 0.3 is 0 Å². The molecule has 2 heterocycles. The van der Waals surface area contributed by atoms with Crippen LogP contribution in [0.25, 0.3) is 11.3 Å². The van der Waals surface area contributed by atoms with Gasteiger partial charge < -0.3 is 0 Å². The van der Waals surface area contributed by atoms with Crippen molar-refractivity contribution < 1.29 is 4.39 Å². The monoisotopic (exact) mass is 216 g/mol. The van der Waals surface area contributed by atoms with E-state index in [1.54, 1.807) is 18.3 Å². The normalized spacial score (nSPS) is 10.8. The molecule has 0 aliphatic rings. The molecule has 2 nitrogen and oxygen atoms in total. The Bertz CT molecular complexity index is 478. The zero-order valence-corrected chi connectivity index (χ0v) is 9.31. The zero-order chi connectivity index (χ0) is 11.5. The van der Waals surface area contributed by atoms with Crippen molar-refractivity contribution in [3.63, 3.8) is 0 Å². The average molecular weight is 216 g/mol. The molecule has 0 spiro atoms. The van der Waals surface area contributed by atoms with Gasteiger partial charge in [0.25, 0.3) is 0 Å². The summed E-state index contributed by atoms with van der Waals surface area (Å²) >= 11 is 0. The van der Waals surface area contributed by atoms with Gasteiger partial charge in [-0.25, -0.2) is 4.98 Å². The molecule has 0 saturated heterocycles. The van der Waals surface area contributed by atoms with E-state index in [-0.39, 0.29) is 0 Å². The first-order chi connectivity index (χ1) is 7.66. The van der Waals surface area contributed by atoms with Crippen LogP contribution in [0.3, 0.4) is 0 Å². The summed E-state index contributed by atoms with van der Waals surface area (Å²) in [6.45, 7) is 4.17. The van der Waals surface area contributed by atoms with Gasteiger partial charge in [-0.2, -0.15) is 4.39 Å². The zero-order valence-electron chi connectivity index (χ0n) is 9.31. The minimum Gasteiger partial charge on any atom is -0.260 e. The van der Waals surface area contributed by atoms with Crippen molar-refractivity contribution in [2.75, 3.05) is 0 Å². The second-order valence-electron chi connectivity index (χ2n) is 3.97. The van der Waals surface area contributed by atoms with Crippen LogP contribution in [0.4, 0.5) is 4.39 Å². The summed E-state index contributed by atoms with van der Waals surface area (Å²) in [6, 6.07) is 8.62. The second kappa shape index (κ2) is 4.39. The van der Waals surface area contributed by atoms with Crippen molar-refractivity contribution in [3.05, 3.63) is 48.2 Å². The fourth-order valence-corrected chi connectivity index (χ4v) is 1.47. The highest BCUT2D eigenvalue weighted by Gasteiger charge is 2.03. The van der Waals surface area contributed by atoms with E-state index in [1.165, 1.54) is 6.07 Å². The van der Waals surface area contributed by atoms with Crippen molar-refractivity contribution in [3.8, 4) is 11.3 Å². The van der Waals surface area contributed by atoms with E-state index < -0.39 is 5.95 Å². The number of halogens is 1. The molecule has 0 saturated carbocycles. The van der Waals surface area contributed by atoms with Gasteiger partial charge in [-0.15, -0.1) is 0 Å². The summed E-state index contributed by atoms with van der Waals surface area (Å²) in [5.41, 5.74) is 2.48. The van der Waals surface area contributed by atoms with Gasteiger partial charge in [0.05, 0.1) is 5.69 Å². The molecule has 0 unspecified atom stereocenters. The van der Waals surface area contributed by atoms with Crippen molar-refractivity contribution >= 4 is 0 Å². The van der Waals surface area contributed by atoms with E-state index in [0.29, 0.717) is 11.6 Å². The average Bonchev–Trinajstić information content (AvgIpc) is 2.29. The molecule has 2 aromatic rings. The van der Waals surface area contributed by atoms with Gasteiger partial charge in [-0.3, -0.25) is 4.98 Å². The number of aromatic nitrogens is 2. The maximum absolute atomic E-state index is 12.9. The third-order valence-electron chi connectivity index (χ3n) is 2.39. The highest BCUT2D eigenvalue weighted by Crippen LogP contribution is 2.18. The highest BCUT2D eigenvalue weighted by molar-refractivity contribution is 5.57. The van der Waals surface area contributed by atoms with Crippen molar-refractivity contribution in [2.45, 2.75) is 19.8 Å². The molecule has 0 aliphatic carbocycles. The molecular formula is C13H13FN2.